The Labute approximate surface area is 225 Å². The summed E-state index contributed by atoms with van der Waals surface area (Å²) in [5.41, 5.74) is 5.25. The van der Waals surface area contributed by atoms with Gasteiger partial charge in [0.25, 0.3) is 0 Å². The van der Waals surface area contributed by atoms with E-state index < -0.39 is 6.67 Å². The number of rotatable bonds is 12. The van der Waals surface area contributed by atoms with Crippen LogP contribution in [0.2, 0.25) is 0 Å². The van der Waals surface area contributed by atoms with E-state index in [9.17, 15) is 9.50 Å². The van der Waals surface area contributed by atoms with E-state index >= 15 is 0 Å². The largest absolute Gasteiger partial charge is 0.508 e. The molecule has 0 bridgehead atoms. The molecular weight excluding hydrogens is 499 g/mol. The summed E-state index contributed by atoms with van der Waals surface area (Å²) in [5, 5.41) is 16.4. The summed E-state index contributed by atoms with van der Waals surface area (Å²) in [4.78, 5) is 4.68. The maximum atomic E-state index is 12.0. The Morgan fingerprint density at radius 1 is 0.789 bits per heavy atom. The summed E-state index contributed by atoms with van der Waals surface area (Å²) in [6.45, 7) is 1.80. The van der Waals surface area contributed by atoms with Gasteiger partial charge >= 0.3 is 0 Å². The van der Waals surface area contributed by atoms with Crippen molar-refractivity contribution in [3.8, 4) is 16.3 Å². The third-order valence-corrected chi connectivity index (χ3v) is 7.10. The van der Waals surface area contributed by atoms with Crippen LogP contribution in [0.25, 0.3) is 43.7 Å². The van der Waals surface area contributed by atoms with Crippen LogP contribution in [0, 0.1) is 0 Å². The van der Waals surface area contributed by atoms with Gasteiger partial charge in [0.1, 0.15) is 17.4 Å². The fraction of sp³-hybridized carbons (Fsp3) is 0.194. The summed E-state index contributed by atoms with van der Waals surface area (Å²) in [7, 11) is 0. The van der Waals surface area contributed by atoms with Crippen molar-refractivity contribution >= 4 is 50.2 Å². The van der Waals surface area contributed by atoms with Gasteiger partial charge in [-0.25, -0.2) is 9.37 Å². The zero-order chi connectivity index (χ0) is 26.2. The lowest BCUT2D eigenvalue weighted by atomic mass is 10.0. The van der Waals surface area contributed by atoms with Gasteiger partial charge in [0.2, 0.25) is 0 Å². The predicted octanol–water partition coefficient (Wildman–Crippen LogP) is 7.41. The first-order chi connectivity index (χ1) is 18.7. The molecule has 5 nitrogen and oxygen atoms in total. The van der Waals surface area contributed by atoms with Crippen molar-refractivity contribution in [2.24, 2.45) is 0 Å². The van der Waals surface area contributed by atoms with Gasteiger partial charge in [-0.1, -0.05) is 54.6 Å². The van der Waals surface area contributed by atoms with Crippen LogP contribution in [0.4, 0.5) is 10.1 Å². The summed E-state index contributed by atoms with van der Waals surface area (Å²) in [6.07, 6.45) is 4.23. The highest BCUT2D eigenvalue weighted by molar-refractivity contribution is 7.21. The average Bonchev–Trinajstić information content (AvgIpc) is 3.37. The van der Waals surface area contributed by atoms with Crippen molar-refractivity contribution in [2.75, 3.05) is 45.0 Å². The lowest BCUT2D eigenvalue weighted by molar-refractivity contribution is 0.0464. The molecule has 1 aromatic heterocycles. The molecule has 0 saturated heterocycles. The second-order valence-electron chi connectivity index (χ2n) is 8.79. The standard InChI is InChI=1S/C31H29FN2O3S/c32-13-15-36-17-18-37-16-14-33-27-10-9-25-19-23(5-8-26(25)20-27)2-1-22-3-6-24(7-4-22)31-34-29-12-11-28(35)21-30(29)38-31/h1-12,19-21,33,35H,13-18H2/b2-1+. The summed E-state index contributed by atoms with van der Waals surface area (Å²) >= 11 is 1.58. The van der Waals surface area contributed by atoms with Gasteiger partial charge in [-0.15, -0.1) is 11.3 Å². The van der Waals surface area contributed by atoms with Crippen molar-refractivity contribution in [1.82, 2.24) is 4.98 Å². The maximum Gasteiger partial charge on any atom is 0.124 e. The molecule has 0 spiro atoms. The molecule has 0 aliphatic rings. The Kier molecular flexibility index (Phi) is 8.60. The van der Waals surface area contributed by atoms with Crippen LogP contribution in [-0.2, 0) is 9.47 Å². The van der Waals surface area contributed by atoms with Gasteiger partial charge in [0.05, 0.1) is 36.6 Å². The smallest absolute Gasteiger partial charge is 0.124 e. The Hall–Kier alpha value is -3.78. The first kappa shape index (κ1) is 25.9. The van der Waals surface area contributed by atoms with Crippen LogP contribution in [-0.4, -0.2) is 49.7 Å². The minimum atomic E-state index is -0.462. The molecule has 0 fully saturated rings. The number of aromatic nitrogens is 1. The molecular formula is C31H29FN2O3S. The number of alkyl halides is 1. The van der Waals surface area contributed by atoms with Gasteiger partial charge in [-0.3, -0.25) is 0 Å². The second kappa shape index (κ2) is 12.6. The number of phenols is 1. The third-order valence-electron chi connectivity index (χ3n) is 6.03. The summed E-state index contributed by atoms with van der Waals surface area (Å²) < 4.78 is 23.5. The van der Waals surface area contributed by atoms with Crippen molar-refractivity contribution in [2.45, 2.75) is 0 Å². The molecule has 0 amide bonds. The SMILES string of the molecule is Oc1ccc2nc(-c3ccc(/C=C/c4ccc5cc(NCCOCCOCCF)ccc5c4)cc3)sc2c1. The number of benzene rings is 4. The van der Waals surface area contributed by atoms with E-state index in [0.717, 1.165) is 37.6 Å². The minimum absolute atomic E-state index is 0.128. The Morgan fingerprint density at radius 2 is 1.53 bits per heavy atom. The quantitative estimate of drug-likeness (QED) is 0.130. The fourth-order valence-electron chi connectivity index (χ4n) is 4.09. The molecule has 1 heterocycles. The molecule has 194 valence electrons. The molecule has 7 heteroatoms. The van der Waals surface area contributed by atoms with Crippen molar-refractivity contribution < 1.29 is 19.0 Å². The van der Waals surface area contributed by atoms with Gasteiger partial charge in [-0.2, -0.15) is 0 Å². The molecule has 0 radical (unpaired) electrons. The Bertz CT molecular complexity index is 1530. The predicted molar refractivity (Wildman–Crippen MR) is 156 cm³/mol. The monoisotopic (exact) mass is 528 g/mol. The van der Waals surface area contributed by atoms with Crippen molar-refractivity contribution in [3.63, 3.8) is 0 Å². The van der Waals surface area contributed by atoms with Crippen LogP contribution in [0.3, 0.4) is 0 Å². The number of nitrogens with one attached hydrogen (secondary N) is 1. The Balaban J connectivity index is 1.16. The highest BCUT2D eigenvalue weighted by Crippen LogP contribution is 2.32. The molecule has 4 aromatic carbocycles. The van der Waals surface area contributed by atoms with Crippen LogP contribution >= 0.6 is 11.3 Å². The van der Waals surface area contributed by atoms with E-state index in [0.29, 0.717) is 26.4 Å². The summed E-state index contributed by atoms with van der Waals surface area (Å²) in [5.74, 6) is 0.259. The first-order valence-corrected chi connectivity index (χ1v) is 13.4. The average molecular weight is 529 g/mol. The van der Waals surface area contributed by atoms with Crippen LogP contribution < -0.4 is 5.32 Å². The highest BCUT2D eigenvalue weighted by atomic mass is 32.1. The molecule has 0 atom stereocenters. The van der Waals surface area contributed by atoms with E-state index in [1.165, 1.54) is 10.8 Å². The number of ether oxygens (including phenoxy) is 2. The molecule has 5 rings (SSSR count). The lowest BCUT2D eigenvalue weighted by Crippen LogP contribution is -2.13. The number of halogens is 1. The van der Waals surface area contributed by atoms with Gasteiger partial charge in [0.15, 0.2) is 0 Å². The number of thiazole rings is 1. The molecule has 38 heavy (non-hydrogen) atoms. The molecule has 2 N–H and O–H groups in total. The van der Waals surface area contributed by atoms with Gasteiger partial charge in [0, 0.05) is 17.8 Å². The number of anilines is 1. The third kappa shape index (κ3) is 6.75. The van der Waals surface area contributed by atoms with Crippen LogP contribution in [0.5, 0.6) is 5.75 Å². The number of hydrogen-bond donors (Lipinski definition) is 2. The van der Waals surface area contributed by atoms with E-state index in [4.69, 9.17) is 9.47 Å². The number of phenolic OH excluding ortho intramolecular Hbond substituents is 1. The number of nitrogens with zero attached hydrogens (tertiary/aromatic N) is 1. The number of fused-ring (bicyclic) bond motifs is 2. The Morgan fingerprint density at radius 3 is 2.37 bits per heavy atom. The normalized spacial score (nSPS) is 11.6. The van der Waals surface area contributed by atoms with Crippen LogP contribution in [0.1, 0.15) is 11.1 Å². The van der Waals surface area contributed by atoms with E-state index in [1.54, 1.807) is 23.5 Å². The first-order valence-electron chi connectivity index (χ1n) is 12.6. The van der Waals surface area contributed by atoms with Crippen molar-refractivity contribution in [3.05, 3.63) is 90.0 Å². The number of aromatic hydroxyl groups is 1. The van der Waals surface area contributed by atoms with Crippen molar-refractivity contribution in [1.29, 1.82) is 0 Å². The second-order valence-corrected chi connectivity index (χ2v) is 9.82. The molecule has 0 unspecified atom stereocenters. The van der Waals surface area contributed by atoms with E-state index in [-0.39, 0.29) is 12.4 Å². The van der Waals surface area contributed by atoms with Crippen LogP contribution in [0.15, 0.2) is 78.9 Å². The lowest BCUT2D eigenvalue weighted by Gasteiger charge is -2.09. The minimum Gasteiger partial charge on any atom is -0.508 e. The zero-order valence-corrected chi connectivity index (χ0v) is 21.7. The topological polar surface area (TPSA) is 63.6 Å². The highest BCUT2D eigenvalue weighted by Gasteiger charge is 2.07. The molecule has 0 aliphatic carbocycles. The van der Waals surface area contributed by atoms with Gasteiger partial charge < -0.3 is 19.9 Å². The van der Waals surface area contributed by atoms with Gasteiger partial charge in [-0.05, 0) is 58.3 Å². The van der Waals surface area contributed by atoms with E-state index in [1.807, 2.05) is 6.07 Å². The maximum absolute atomic E-state index is 12.0. The molecule has 5 aromatic rings. The summed E-state index contributed by atoms with van der Waals surface area (Å²) in [6, 6.07) is 26.4. The number of hydrogen-bond acceptors (Lipinski definition) is 6. The zero-order valence-electron chi connectivity index (χ0n) is 20.9. The molecule has 0 saturated carbocycles. The molecule has 0 aliphatic heterocycles. The fourth-order valence-corrected chi connectivity index (χ4v) is 5.09. The van der Waals surface area contributed by atoms with E-state index in [2.05, 4.69) is 83.1 Å².